The van der Waals surface area contributed by atoms with E-state index < -0.39 is 6.10 Å². The Hall–Kier alpha value is -0.930. The maximum atomic E-state index is 10.3. The molecular formula is C16H25ClO3. The number of hydrogen-bond donors (Lipinski definition) is 1. The van der Waals surface area contributed by atoms with Crippen molar-refractivity contribution in [2.75, 3.05) is 14.2 Å². The Labute approximate surface area is 126 Å². The summed E-state index contributed by atoms with van der Waals surface area (Å²) in [5, 5.41) is 10.8. The highest BCUT2D eigenvalue weighted by Gasteiger charge is 2.16. The normalized spacial score (nSPS) is 12.2. The number of aliphatic hydroxyl groups is 1. The Kier molecular flexibility index (Phi) is 7.78. The standard InChI is InChI=1S/C16H25ClO3/c1-4-5-6-7-8-9-14(18)12-10-15(19-2)16(20-3)11-13(12)17/h10-11,14,18H,4-9H2,1-3H3. The van der Waals surface area contributed by atoms with Gasteiger partial charge in [-0.25, -0.2) is 0 Å². The number of halogens is 1. The first kappa shape index (κ1) is 17.1. The second kappa shape index (κ2) is 9.09. The zero-order chi connectivity index (χ0) is 15.0. The molecule has 4 heteroatoms. The van der Waals surface area contributed by atoms with Crippen LogP contribution in [0.3, 0.4) is 0 Å². The summed E-state index contributed by atoms with van der Waals surface area (Å²) < 4.78 is 10.4. The molecule has 0 saturated carbocycles. The van der Waals surface area contributed by atoms with Gasteiger partial charge < -0.3 is 14.6 Å². The lowest BCUT2D eigenvalue weighted by Crippen LogP contribution is -2.01. The lowest BCUT2D eigenvalue weighted by Gasteiger charge is -2.16. The van der Waals surface area contributed by atoms with Gasteiger partial charge in [-0.15, -0.1) is 0 Å². The molecule has 3 nitrogen and oxygen atoms in total. The van der Waals surface area contributed by atoms with Crippen LogP contribution in [0, 0.1) is 0 Å². The van der Waals surface area contributed by atoms with Crippen LogP contribution in [-0.2, 0) is 0 Å². The van der Waals surface area contributed by atoms with E-state index in [1.807, 2.05) is 0 Å². The third-order valence-corrected chi connectivity index (χ3v) is 3.77. The van der Waals surface area contributed by atoms with Crippen molar-refractivity contribution in [1.82, 2.24) is 0 Å². The minimum absolute atomic E-state index is 0.517. The van der Waals surface area contributed by atoms with Gasteiger partial charge in [-0.3, -0.25) is 0 Å². The summed E-state index contributed by atoms with van der Waals surface area (Å²) in [6.45, 7) is 2.19. The number of rotatable bonds is 9. The van der Waals surface area contributed by atoms with Crippen molar-refractivity contribution >= 4 is 11.6 Å². The lowest BCUT2D eigenvalue weighted by atomic mass is 10.0. The molecule has 1 N–H and O–H groups in total. The molecule has 1 unspecified atom stereocenters. The van der Waals surface area contributed by atoms with Gasteiger partial charge in [0, 0.05) is 11.6 Å². The summed E-state index contributed by atoms with van der Waals surface area (Å²) in [6, 6.07) is 3.45. The Morgan fingerprint density at radius 1 is 1.05 bits per heavy atom. The Morgan fingerprint density at radius 3 is 2.25 bits per heavy atom. The predicted molar refractivity (Wildman–Crippen MR) is 82.9 cm³/mol. The Morgan fingerprint density at radius 2 is 1.65 bits per heavy atom. The number of hydrogen-bond acceptors (Lipinski definition) is 3. The van der Waals surface area contributed by atoms with Crippen LogP contribution in [0.15, 0.2) is 12.1 Å². The second-order valence-electron chi connectivity index (χ2n) is 4.95. The SMILES string of the molecule is CCCCCCCC(O)c1cc(OC)c(OC)cc1Cl. The summed E-state index contributed by atoms with van der Waals surface area (Å²) in [6.07, 6.45) is 6.03. The monoisotopic (exact) mass is 300 g/mol. The molecule has 1 atom stereocenters. The van der Waals surface area contributed by atoms with Crippen LogP contribution in [0.1, 0.15) is 57.1 Å². The number of unbranched alkanes of at least 4 members (excludes halogenated alkanes) is 4. The summed E-state index contributed by atoms with van der Waals surface area (Å²) >= 11 is 6.20. The fraction of sp³-hybridized carbons (Fsp3) is 0.625. The Balaban J connectivity index is 2.65. The molecular weight excluding hydrogens is 276 g/mol. The van der Waals surface area contributed by atoms with Crippen LogP contribution in [0.2, 0.25) is 5.02 Å². The van der Waals surface area contributed by atoms with E-state index in [1.165, 1.54) is 19.3 Å². The predicted octanol–water partition coefficient (Wildman–Crippen LogP) is 4.75. The smallest absolute Gasteiger partial charge is 0.162 e. The van der Waals surface area contributed by atoms with Crippen molar-refractivity contribution in [1.29, 1.82) is 0 Å². The molecule has 20 heavy (non-hydrogen) atoms. The highest BCUT2D eigenvalue weighted by molar-refractivity contribution is 6.31. The summed E-state index contributed by atoms with van der Waals surface area (Å²) in [5.41, 5.74) is 0.708. The van der Waals surface area contributed by atoms with E-state index in [-0.39, 0.29) is 0 Å². The number of ether oxygens (including phenoxy) is 2. The van der Waals surface area contributed by atoms with Gasteiger partial charge >= 0.3 is 0 Å². The van der Waals surface area contributed by atoms with Crippen LogP contribution >= 0.6 is 11.6 Å². The van der Waals surface area contributed by atoms with E-state index >= 15 is 0 Å². The molecule has 1 aromatic rings. The molecule has 0 fully saturated rings. The fourth-order valence-electron chi connectivity index (χ4n) is 2.22. The molecule has 0 aromatic heterocycles. The third kappa shape index (κ3) is 4.88. The quantitative estimate of drug-likeness (QED) is 0.669. The van der Waals surface area contributed by atoms with E-state index in [0.29, 0.717) is 22.1 Å². The zero-order valence-electron chi connectivity index (χ0n) is 12.6. The van der Waals surface area contributed by atoms with Gasteiger partial charge in [0.1, 0.15) is 0 Å². The maximum Gasteiger partial charge on any atom is 0.162 e. The van der Waals surface area contributed by atoms with Gasteiger partial charge in [0.2, 0.25) is 0 Å². The van der Waals surface area contributed by atoms with E-state index in [9.17, 15) is 5.11 Å². The first-order chi connectivity index (χ1) is 9.63. The number of aliphatic hydroxyl groups excluding tert-OH is 1. The van der Waals surface area contributed by atoms with Gasteiger partial charge in [-0.05, 0) is 12.5 Å². The minimum atomic E-state index is -0.552. The maximum absolute atomic E-state index is 10.3. The minimum Gasteiger partial charge on any atom is -0.493 e. The highest BCUT2D eigenvalue weighted by Crippen LogP contribution is 2.37. The summed E-state index contributed by atoms with van der Waals surface area (Å²) in [5.74, 6) is 1.17. The first-order valence-electron chi connectivity index (χ1n) is 7.23. The first-order valence-corrected chi connectivity index (χ1v) is 7.61. The molecule has 0 aliphatic heterocycles. The summed E-state index contributed by atoms with van der Waals surface area (Å²) in [7, 11) is 3.14. The van der Waals surface area contributed by atoms with Gasteiger partial charge in [-0.1, -0.05) is 50.6 Å². The molecule has 0 aliphatic rings. The molecule has 1 rings (SSSR count). The second-order valence-corrected chi connectivity index (χ2v) is 5.35. The average molecular weight is 301 g/mol. The fourth-order valence-corrected chi connectivity index (χ4v) is 2.50. The highest BCUT2D eigenvalue weighted by atomic mass is 35.5. The van der Waals surface area contributed by atoms with E-state index in [1.54, 1.807) is 26.4 Å². The van der Waals surface area contributed by atoms with Crippen molar-refractivity contribution in [2.24, 2.45) is 0 Å². The molecule has 0 heterocycles. The third-order valence-electron chi connectivity index (χ3n) is 3.44. The van der Waals surface area contributed by atoms with Gasteiger partial charge in [0.15, 0.2) is 11.5 Å². The number of methoxy groups -OCH3 is 2. The van der Waals surface area contributed by atoms with E-state index in [0.717, 1.165) is 19.3 Å². The Bertz CT molecular complexity index is 407. The van der Waals surface area contributed by atoms with Crippen molar-refractivity contribution in [3.05, 3.63) is 22.7 Å². The van der Waals surface area contributed by atoms with E-state index in [4.69, 9.17) is 21.1 Å². The zero-order valence-corrected chi connectivity index (χ0v) is 13.4. The average Bonchev–Trinajstić information content (AvgIpc) is 2.46. The van der Waals surface area contributed by atoms with Crippen molar-refractivity contribution in [2.45, 2.75) is 51.6 Å². The van der Waals surface area contributed by atoms with Crippen LogP contribution < -0.4 is 9.47 Å². The topological polar surface area (TPSA) is 38.7 Å². The molecule has 0 saturated heterocycles. The molecule has 1 aromatic carbocycles. The van der Waals surface area contributed by atoms with Crippen LogP contribution in [0.25, 0.3) is 0 Å². The van der Waals surface area contributed by atoms with Crippen molar-refractivity contribution < 1.29 is 14.6 Å². The summed E-state index contributed by atoms with van der Waals surface area (Å²) in [4.78, 5) is 0. The molecule has 0 radical (unpaired) electrons. The molecule has 114 valence electrons. The van der Waals surface area contributed by atoms with Gasteiger partial charge in [0.05, 0.1) is 25.3 Å². The molecule has 0 amide bonds. The van der Waals surface area contributed by atoms with Gasteiger partial charge in [-0.2, -0.15) is 0 Å². The van der Waals surface area contributed by atoms with Crippen LogP contribution in [0.4, 0.5) is 0 Å². The van der Waals surface area contributed by atoms with Crippen molar-refractivity contribution in [3.8, 4) is 11.5 Å². The van der Waals surface area contributed by atoms with Crippen LogP contribution in [0.5, 0.6) is 11.5 Å². The van der Waals surface area contributed by atoms with Crippen LogP contribution in [-0.4, -0.2) is 19.3 Å². The molecule has 0 aliphatic carbocycles. The lowest BCUT2D eigenvalue weighted by molar-refractivity contribution is 0.163. The van der Waals surface area contributed by atoms with E-state index in [2.05, 4.69) is 6.92 Å². The number of benzene rings is 1. The molecule has 0 spiro atoms. The molecule has 0 bridgehead atoms. The largest absolute Gasteiger partial charge is 0.493 e. The van der Waals surface area contributed by atoms with Gasteiger partial charge in [0.25, 0.3) is 0 Å². The van der Waals surface area contributed by atoms with Crippen molar-refractivity contribution in [3.63, 3.8) is 0 Å².